The molecule has 2 aliphatic heterocycles. The van der Waals surface area contributed by atoms with Crippen LogP contribution in [-0.2, 0) is 20.1 Å². The fourth-order valence-corrected chi connectivity index (χ4v) is 6.78. The van der Waals surface area contributed by atoms with Crippen LogP contribution >= 0.6 is 0 Å². The Morgan fingerprint density at radius 3 is 2.73 bits per heavy atom. The van der Waals surface area contributed by atoms with Crippen molar-refractivity contribution in [3.05, 3.63) is 39.7 Å². The summed E-state index contributed by atoms with van der Waals surface area (Å²) in [5, 5.41) is 9.97. The summed E-state index contributed by atoms with van der Waals surface area (Å²) < 4.78 is 45.5. The molecular weight excluding hydrogens is 365 g/mol. The fourth-order valence-electron chi connectivity index (χ4n) is 4.12. The van der Waals surface area contributed by atoms with Crippen molar-refractivity contribution in [2.24, 2.45) is 16.6 Å². The van der Waals surface area contributed by atoms with Crippen LogP contribution in [0.1, 0.15) is 25.3 Å². The molecule has 10 heteroatoms. The van der Waals surface area contributed by atoms with E-state index in [9.17, 15) is 22.9 Å². The minimum Gasteiger partial charge on any atom is -0.386 e. The Hall–Kier alpha value is -2.07. The molecule has 26 heavy (non-hydrogen) atoms. The van der Waals surface area contributed by atoms with Crippen LogP contribution in [0.5, 0.6) is 0 Å². The number of non-ortho nitro benzene ring substituents is 1. The molecule has 0 aromatic heterocycles. The third-order valence-corrected chi connectivity index (χ3v) is 8.90. The van der Waals surface area contributed by atoms with Crippen LogP contribution in [-0.4, -0.2) is 42.4 Å². The first-order valence-electron chi connectivity index (χ1n) is 8.26. The summed E-state index contributed by atoms with van der Waals surface area (Å²) in [6.45, 7) is 1.21. The number of nitrogens with zero attached hydrogens (tertiary/aromatic N) is 2. The molecule has 3 atom stereocenters. The standard InChI is InChI=1S/C16H18FN3O5S/c1-15(9-2-3-9)14(18)19-16(8-25-7-13(16)26(15,23)24)11-6-10(20(21)22)4-5-12(11)17/h4-6,9,13H,2-3,7-8H2,1H3,(H2,18,19)/t13-,15-,16-/m1/s1. The molecule has 2 heterocycles. The minimum absolute atomic E-state index is 0.0762. The lowest BCUT2D eigenvalue weighted by molar-refractivity contribution is -0.385. The zero-order chi connectivity index (χ0) is 18.9. The molecule has 1 saturated heterocycles. The van der Waals surface area contributed by atoms with E-state index in [4.69, 9.17) is 10.5 Å². The van der Waals surface area contributed by atoms with Crippen molar-refractivity contribution in [1.82, 2.24) is 0 Å². The highest BCUT2D eigenvalue weighted by molar-refractivity contribution is 7.94. The molecule has 2 N–H and O–H groups in total. The first-order chi connectivity index (χ1) is 12.1. The number of sulfone groups is 1. The maximum absolute atomic E-state index is 14.6. The number of halogens is 1. The average Bonchev–Trinajstić information content (AvgIpc) is 3.34. The summed E-state index contributed by atoms with van der Waals surface area (Å²) in [6, 6.07) is 3.01. The number of aliphatic imine (C=N–C) groups is 1. The lowest BCUT2D eigenvalue weighted by atomic mass is 9.87. The average molecular weight is 383 g/mol. The second kappa shape index (κ2) is 5.23. The molecule has 1 aromatic rings. The first kappa shape index (κ1) is 17.3. The number of hydrogen-bond donors (Lipinski definition) is 1. The number of amidine groups is 1. The molecule has 1 saturated carbocycles. The molecule has 3 aliphatic rings. The van der Waals surface area contributed by atoms with Gasteiger partial charge in [0.1, 0.15) is 27.2 Å². The van der Waals surface area contributed by atoms with E-state index in [-0.39, 0.29) is 36.2 Å². The molecule has 0 bridgehead atoms. The van der Waals surface area contributed by atoms with E-state index in [0.29, 0.717) is 0 Å². The maximum Gasteiger partial charge on any atom is 0.270 e. The van der Waals surface area contributed by atoms with Gasteiger partial charge in [-0.25, -0.2) is 12.8 Å². The number of nitrogens with two attached hydrogens (primary N) is 1. The topological polar surface area (TPSA) is 125 Å². The second-order valence-corrected chi connectivity index (χ2v) is 9.78. The van der Waals surface area contributed by atoms with Crippen molar-refractivity contribution in [2.75, 3.05) is 13.2 Å². The summed E-state index contributed by atoms with van der Waals surface area (Å²) >= 11 is 0. The number of ether oxygens (including phenoxy) is 1. The van der Waals surface area contributed by atoms with Crippen molar-refractivity contribution in [2.45, 2.75) is 35.3 Å². The molecule has 0 amide bonds. The maximum atomic E-state index is 14.6. The van der Waals surface area contributed by atoms with E-state index >= 15 is 0 Å². The van der Waals surface area contributed by atoms with Gasteiger partial charge in [0, 0.05) is 17.7 Å². The summed E-state index contributed by atoms with van der Waals surface area (Å²) in [7, 11) is -3.86. The van der Waals surface area contributed by atoms with Crippen LogP contribution in [0.4, 0.5) is 10.1 Å². The van der Waals surface area contributed by atoms with Crippen molar-refractivity contribution >= 4 is 21.4 Å². The molecule has 8 nitrogen and oxygen atoms in total. The van der Waals surface area contributed by atoms with E-state index < -0.39 is 36.1 Å². The van der Waals surface area contributed by atoms with Gasteiger partial charge in [0.15, 0.2) is 9.84 Å². The van der Waals surface area contributed by atoms with Gasteiger partial charge in [-0.05, 0) is 31.7 Å². The largest absolute Gasteiger partial charge is 0.386 e. The second-order valence-electron chi connectivity index (χ2n) is 7.27. The number of benzene rings is 1. The quantitative estimate of drug-likeness (QED) is 0.619. The van der Waals surface area contributed by atoms with Crippen LogP contribution in [0.15, 0.2) is 23.2 Å². The lowest BCUT2D eigenvalue weighted by Crippen LogP contribution is -2.62. The molecule has 0 radical (unpaired) electrons. The number of fused-ring (bicyclic) bond motifs is 1. The van der Waals surface area contributed by atoms with Gasteiger partial charge in [-0.3, -0.25) is 15.1 Å². The number of hydrogen-bond acceptors (Lipinski definition) is 7. The molecule has 1 aliphatic carbocycles. The van der Waals surface area contributed by atoms with Crippen molar-refractivity contribution in [1.29, 1.82) is 0 Å². The van der Waals surface area contributed by atoms with Gasteiger partial charge >= 0.3 is 0 Å². The fraction of sp³-hybridized carbons (Fsp3) is 0.562. The van der Waals surface area contributed by atoms with E-state index in [2.05, 4.69) is 4.99 Å². The number of nitro benzene ring substituents is 1. The number of nitro groups is 1. The van der Waals surface area contributed by atoms with Crippen LogP contribution in [0.25, 0.3) is 0 Å². The van der Waals surface area contributed by atoms with E-state index in [1.54, 1.807) is 6.92 Å². The molecule has 0 unspecified atom stereocenters. The van der Waals surface area contributed by atoms with E-state index in [1.165, 1.54) is 0 Å². The van der Waals surface area contributed by atoms with Gasteiger partial charge in [-0.2, -0.15) is 0 Å². The summed E-state index contributed by atoms with van der Waals surface area (Å²) in [6.07, 6.45) is 1.47. The van der Waals surface area contributed by atoms with Crippen LogP contribution in [0.3, 0.4) is 0 Å². The Labute approximate surface area is 149 Å². The Morgan fingerprint density at radius 1 is 1.42 bits per heavy atom. The molecular formula is C16H18FN3O5S. The van der Waals surface area contributed by atoms with E-state index in [1.807, 2.05) is 0 Å². The third-order valence-electron chi connectivity index (χ3n) is 5.90. The summed E-state index contributed by atoms with van der Waals surface area (Å²) in [5.41, 5.74) is 4.00. The Kier molecular flexibility index (Phi) is 3.49. The highest BCUT2D eigenvalue weighted by Crippen LogP contribution is 2.53. The summed E-state index contributed by atoms with van der Waals surface area (Å²) in [4.78, 5) is 14.9. The summed E-state index contributed by atoms with van der Waals surface area (Å²) in [5.74, 6) is -0.967. The predicted octanol–water partition coefficient (Wildman–Crippen LogP) is 1.28. The van der Waals surface area contributed by atoms with Crippen LogP contribution < -0.4 is 5.73 Å². The van der Waals surface area contributed by atoms with Gasteiger partial charge in [-0.1, -0.05) is 0 Å². The normalized spacial score (nSPS) is 35.6. The highest BCUT2D eigenvalue weighted by Gasteiger charge is 2.67. The molecule has 1 aromatic carbocycles. The van der Waals surface area contributed by atoms with Crippen molar-refractivity contribution in [3.63, 3.8) is 0 Å². The smallest absolute Gasteiger partial charge is 0.270 e. The zero-order valence-electron chi connectivity index (χ0n) is 14.0. The van der Waals surface area contributed by atoms with E-state index in [0.717, 1.165) is 31.0 Å². The van der Waals surface area contributed by atoms with Gasteiger partial charge in [-0.15, -0.1) is 0 Å². The molecule has 4 rings (SSSR count). The Bertz CT molecular complexity index is 945. The van der Waals surface area contributed by atoms with Gasteiger partial charge in [0.25, 0.3) is 5.69 Å². The van der Waals surface area contributed by atoms with Gasteiger partial charge in [0.05, 0.1) is 18.1 Å². The van der Waals surface area contributed by atoms with Crippen LogP contribution in [0.2, 0.25) is 0 Å². The van der Waals surface area contributed by atoms with Gasteiger partial charge < -0.3 is 10.5 Å². The van der Waals surface area contributed by atoms with Gasteiger partial charge in [0.2, 0.25) is 0 Å². The monoisotopic (exact) mass is 383 g/mol. The highest BCUT2D eigenvalue weighted by atomic mass is 32.2. The van der Waals surface area contributed by atoms with Crippen molar-refractivity contribution in [3.8, 4) is 0 Å². The zero-order valence-corrected chi connectivity index (χ0v) is 14.8. The molecule has 0 spiro atoms. The first-order valence-corrected chi connectivity index (χ1v) is 9.80. The lowest BCUT2D eigenvalue weighted by Gasteiger charge is -2.43. The third kappa shape index (κ3) is 2.02. The molecule has 140 valence electrons. The minimum atomic E-state index is -3.86. The van der Waals surface area contributed by atoms with Crippen molar-refractivity contribution < 1.29 is 22.5 Å². The molecule has 2 fully saturated rings. The Morgan fingerprint density at radius 2 is 2.12 bits per heavy atom. The number of rotatable bonds is 3. The Balaban J connectivity index is 1.98. The predicted molar refractivity (Wildman–Crippen MR) is 91.0 cm³/mol. The SMILES string of the molecule is C[C@@]1(C2CC2)C(N)=N[C@@]2(c3cc([N+](=O)[O-])ccc3F)COC[C@H]2S1(=O)=O. The van der Waals surface area contributed by atoms with Crippen LogP contribution in [0, 0.1) is 21.8 Å².